The Bertz CT molecular complexity index is 159. The molecule has 0 amide bonds. The van der Waals surface area contributed by atoms with Crippen molar-refractivity contribution in [3.63, 3.8) is 0 Å². The van der Waals surface area contributed by atoms with E-state index in [2.05, 4.69) is 32.3 Å². The van der Waals surface area contributed by atoms with Crippen molar-refractivity contribution in [1.82, 2.24) is 0 Å². The van der Waals surface area contributed by atoms with Crippen LogP contribution in [0, 0.1) is 11.3 Å². The van der Waals surface area contributed by atoms with Crippen LogP contribution in [0.1, 0.15) is 6.42 Å². The summed E-state index contributed by atoms with van der Waals surface area (Å²) in [6.07, 6.45) is 0.532. The maximum absolute atomic E-state index is 8.34. The van der Waals surface area contributed by atoms with E-state index in [1.807, 2.05) is 0 Å². The van der Waals surface area contributed by atoms with Crippen molar-refractivity contribution >= 4 is 8.07 Å². The normalized spacial score (nSPS) is 10.6. The van der Waals surface area contributed by atoms with Crippen LogP contribution in [0.25, 0.3) is 0 Å². The van der Waals surface area contributed by atoms with Gasteiger partial charge in [0.25, 0.3) is 0 Å². The second-order valence-corrected chi connectivity index (χ2v) is 9.30. The van der Waals surface area contributed by atoms with Crippen LogP contribution in [-0.2, 0) is 0 Å². The number of rotatable bonds is 3. The molecule has 1 nitrogen and oxygen atoms in total. The van der Waals surface area contributed by atoms with E-state index in [1.54, 1.807) is 0 Å². The third-order valence-electron chi connectivity index (χ3n) is 1.11. The molecule has 10 heavy (non-hydrogen) atoms. The molecule has 0 atom stereocenters. The SMILES string of the molecule is C=C(CC#N)C[Si](C)(C)C. The summed E-state index contributed by atoms with van der Waals surface area (Å²) in [6, 6.07) is 3.20. The van der Waals surface area contributed by atoms with E-state index >= 15 is 0 Å². The molecule has 2 heteroatoms. The minimum atomic E-state index is -1.01. The van der Waals surface area contributed by atoms with Gasteiger partial charge in [-0.25, -0.2) is 0 Å². The van der Waals surface area contributed by atoms with Gasteiger partial charge in [0, 0.05) is 8.07 Å². The molecular weight excluding hydrogens is 138 g/mol. The van der Waals surface area contributed by atoms with Crippen LogP contribution < -0.4 is 0 Å². The monoisotopic (exact) mass is 153 g/mol. The predicted molar refractivity (Wildman–Crippen MR) is 47.5 cm³/mol. The Morgan fingerprint density at radius 2 is 2.00 bits per heavy atom. The van der Waals surface area contributed by atoms with Crippen molar-refractivity contribution < 1.29 is 0 Å². The molecular formula is C8H15NSi. The first kappa shape index (κ1) is 9.45. The van der Waals surface area contributed by atoms with Crippen LogP contribution in [0.2, 0.25) is 25.7 Å². The third kappa shape index (κ3) is 5.58. The van der Waals surface area contributed by atoms with Gasteiger partial charge < -0.3 is 0 Å². The number of allylic oxidation sites excluding steroid dienone is 1. The number of hydrogen-bond donors (Lipinski definition) is 0. The van der Waals surface area contributed by atoms with Gasteiger partial charge in [-0.1, -0.05) is 31.8 Å². The molecule has 0 aliphatic heterocycles. The summed E-state index contributed by atoms with van der Waals surface area (Å²) < 4.78 is 0. The zero-order chi connectivity index (χ0) is 8.20. The molecule has 0 radical (unpaired) electrons. The molecule has 0 saturated heterocycles. The Morgan fingerprint density at radius 3 is 2.30 bits per heavy atom. The number of nitriles is 1. The van der Waals surface area contributed by atoms with Crippen molar-refractivity contribution in [2.45, 2.75) is 32.1 Å². The van der Waals surface area contributed by atoms with Crippen molar-refractivity contribution in [2.75, 3.05) is 0 Å². The second-order valence-electron chi connectivity index (χ2n) is 3.82. The second kappa shape index (κ2) is 3.57. The fraction of sp³-hybridized carbons (Fsp3) is 0.625. The lowest BCUT2D eigenvalue weighted by Gasteiger charge is -2.15. The maximum atomic E-state index is 8.34. The Kier molecular flexibility index (Phi) is 3.38. The fourth-order valence-electron chi connectivity index (χ4n) is 0.924. The quantitative estimate of drug-likeness (QED) is 0.452. The van der Waals surface area contributed by atoms with Crippen LogP contribution in [0.5, 0.6) is 0 Å². The smallest absolute Gasteiger partial charge is 0.0665 e. The van der Waals surface area contributed by atoms with E-state index in [-0.39, 0.29) is 0 Å². The highest BCUT2D eigenvalue weighted by Gasteiger charge is 2.13. The van der Waals surface area contributed by atoms with Gasteiger partial charge in [0.1, 0.15) is 0 Å². The van der Waals surface area contributed by atoms with Gasteiger partial charge in [-0.15, -0.1) is 0 Å². The highest BCUT2D eigenvalue weighted by Crippen LogP contribution is 2.16. The summed E-state index contributed by atoms with van der Waals surface area (Å²) in [6.45, 7) is 10.7. The molecule has 56 valence electrons. The molecule has 0 bridgehead atoms. The van der Waals surface area contributed by atoms with Crippen molar-refractivity contribution in [3.05, 3.63) is 12.2 Å². The largest absolute Gasteiger partial charge is 0.198 e. The van der Waals surface area contributed by atoms with Crippen molar-refractivity contribution in [2.24, 2.45) is 0 Å². The highest BCUT2D eigenvalue weighted by molar-refractivity contribution is 6.76. The van der Waals surface area contributed by atoms with Crippen molar-refractivity contribution in [1.29, 1.82) is 5.26 Å². The first-order chi connectivity index (χ1) is 4.45. The summed E-state index contributed by atoms with van der Waals surface area (Å²) in [5.41, 5.74) is 1.10. The lowest BCUT2D eigenvalue weighted by molar-refractivity contribution is 1.19. The molecule has 0 rings (SSSR count). The summed E-state index contributed by atoms with van der Waals surface area (Å²) in [4.78, 5) is 0. The van der Waals surface area contributed by atoms with Crippen LogP contribution >= 0.6 is 0 Å². The Morgan fingerprint density at radius 1 is 1.50 bits per heavy atom. The standard InChI is InChI=1S/C8H15NSi/c1-8(5-6-9)7-10(2,3)4/h1,5,7H2,2-4H3. The van der Waals surface area contributed by atoms with Crippen LogP contribution in [0.4, 0.5) is 0 Å². The summed E-state index contributed by atoms with van der Waals surface area (Å²) >= 11 is 0. The zero-order valence-corrected chi connectivity index (χ0v) is 8.07. The zero-order valence-electron chi connectivity index (χ0n) is 7.07. The molecule has 0 aliphatic carbocycles. The molecule has 0 fully saturated rings. The molecule has 0 heterocycles. The maximum Gasteiger partial charge on any atom is 0.0665 e. The van der Waals surface area contributed by atoms with E-state index in [1.165, 1.54) is 0 Å². The lowest BCUT2D eigenvalue weighted by Crippen LogP contribution is -2.19. The Balaban J connectivity index is 3.72. The molecule has 0 saturated carbocycles. The molecule has 0 aliphatic rings. The van der Waals surface area contributed by atoms with Gasteiger partial charge >= 0.3 is 0 Å². The van der Waals surface area contributed by atoms with E-state index < -0.39 is 8.07 Å². The van der Waals surface area contributed by atoms with Gasteiger partial charge in [-0.2, -0.15) is 5.26 Å². The molecule has 0 aromatic heterocycles. The van der Waals surface area contributed by atoms with Crippen LogP contribution in [-0.4, -0.2) is 8.07 Å². The van der Waals surface area contributed by atoms with Gasteiger partial charge in [0.15, 0.2) is 0 Å². The highest BCUT2D eigenvalue weighted by atomic mass is 28.3. The Hall–Kier alpha value is -0.553. The first-order valence-corrected chi connectivity index (χ1v) is 7.20. The minimum Gasteiger partial charge on any atom is -0.198 e. The number of nitrogens with zero attached hydrogens (tertiary/aromatic N) is 1. The molecule has 0 N–H and O–H groups in total. The molecule has 0 aromatic carbocycles. The average molecular weight is 153 g/mol. The summed E-state index contributed by atoms with van der Waals surface area (Å²) in [7, 11) is -1.01. The van der Waals surface area contributed by atoms with Crippen molar-refractivity contribution in [3.8, 4) is 6.07 Å². The fourth-order valence-corrected chi connectivity index (χ4v) is 2.55. The van der Waals surface area contributed by atoms with Gasteiger partial charge in [0.2, 0.25) is 0 Å². The molecule has 0 spiro atoms. The molecule has 0 aromatic rings. The number of hydrogen-bond acceptors (Lipinski definition) is 1. The van der Waals surface area contributed by atoms with Gasteiger partial charge in [0.05, 0.1) is 12.5 Å². The van der Waals surface area contributed by atoms with E-state index in [4.69, 9.17) is 5.26 Å². The molecule has 0 unspecified atom stereocenters. The van der Waals surface area contributed by atoms with E-state index in [9.17, 15) is 0 Å². The van der Waals surface area contributed by atoms with Gasteiger partial charge in [-0.3, -0.25) is 0 Å². The topological polar surface area (TPSA) is 23.8 Å². The Labute approximate surface area is 64.4 Å². The summed E-state index contributed by atoms with van der Waals surface area (Å²) in [5.74, 6) is 0. The summed E-state index contributed by atoms with van der Waals surface area (Å²) in [5, 5.41) is 8.34. The first-order valence-electron chi connectivity index (χ1n) is 3.49. The van der Waals surface area contributed by atoms with Crippen LogP contribution in [0.15, 0.2) is 12.2 Å². The average Bonchev–Trinajstić information content (AvgIpc) is 1.59. The van der Waals surface area contributed by atoms with Gasteiger partial charge in [-0.05, 0) is 6.04 Å². The van der Waals surface area contributed by atoms with E-state index in [0.29, 0.717) is 6.42 Å². The minimum absolute atomic E-state index is 0.532. The third-order valence-corrected chi connectivity index (χ3v) is 2.67. The predicted octanol–water partition coefficient (Wildman–Crippen LogP) is 2.79. The lowest BCUT2D eigenvalue weighted by atomic mass is 10.3. The van der Waals surface area contributed by atoms with E-state index in [0.717, 1.165) is 11.6 Å². The van der Waals surface area contributed by atoms with Crippen LogP contribution in [0.3, 0.4) is 0 Å².